The highest BCUT2D eigenvalue weighted by molar-refractivity contribution is 5.90. The summed E-state index contributed by atoms with van der Waals surface area (Å²) in [6, 6.07) is 11.6. The van der Waals surface area contributed by atoms with Gasteiger partial charge in [0, 0.05) is 18.2 Å². The van der Waals surface area contributed by atoms with E-state index in [1.807, 2.05) is 13.8 Å². The molecule has 0 heterocycles. The minimum atomic E-state index is -1.05. The van der Waals surface area contributed by atoms with E-state index in [9.17, 15) is 4.79 Å². The molecular formula is C18H20O6. The first kappa shape index (κ1) is 17.5. The van der Waals surface area contributed by atoms with Gasteiger partial charge in [-0.3, -0.25) is 0 Å². The number of para-hydroxylation sites is 1. The molecule has 0 aliphatic carbocycles. The van der Waals surface area contributed by atoms with Crippen molar-refractivity contribution >= 4 is 5.97 Å². The molecule has 6 heteroatoms. The van der Waals surface area contributed by atoms with E-state index < -0.39 is 5.97 Å². The number of hydrogen-bond acceptors (Lipinski definition) is 5. The second kappa shape index (κ2) is 8.67. The van der Waals surface area contributed by atoms with Crippen LogP contribution in [0.4, 0.5) is 0 Å². The van der Waals surface area contributed by atoms with Crippen molar-refractivity contribution < 1.29 is 28.8 Å². The summed E-state index contributed by atoms with van der Waals surface area (Å²) >= 11 is 0. The monoisotopic (exact) mass is 332 g/mol. The van der Waals surface area contributed by atoms with E-state index in [1.165, 1.54) is 6.07 Å². The number of hydrogen-bond donors (Lipinski definition) is 1. The first-order valence-corrected chi connectivity index (χ1v) is 7.62. The van der Waals surface area contributed by atoms with Crippen molar-refractivity contribution in [3.05, 3.63) is 48.0 Å². The minimum absolute atomic E-state index is 0.0826. The van der Waals surface area contributed by atoms with Gasteiger partial charge in [0.25, 0.3) is 0 Å². The zero-order valence-electron chi connectivity index (χ0n) is 13.7. The van der Waals surface area contributed by atoms with Crippen molar-refractivity contribution in [2.45, 2.75) is 13.8 Å². The molecule has 0 aliphatic rings. The van der Waals surface area contributed by atoms with Gasteiger partial charge in [-0.1, -0.05) is 12.1 Å². The number of carboxylic acids is 1. The third-order valence-corrected chi connectivity index (χ3v) is 3.03. The van der Waals surface area contributed by atoms with Crippen LogP contribution in [0.5, 0.6) is 23.0 Å². The van der Waals surface area contributed by atoms with Crippen LogP contribution in [0.2, 0.25) is 0 Å². The summed E-state index contributed by atoms with van der Waals surface area (Å²) in [4.78, 5) is 11.1. The molecule has 0 radical (unpaired) electrons. The molecule has 0 amide bonds. The van der Waals surface area contributed by atoms with Gasteiger partial charge in [-0.2, -0.15) is 0 Å². The molecule has 0 saturated heterocycles. The third-order valence-electron chi connectivity index (χ3n) is 3.03. The van der Waals surface area contributed by atoms with E-state index in [0.717, 1.165) is 0 Å². The molecule has 24 heavy (non-hydrogen) atoms. The van der Waals surface area contributed by atoms with E-state index in [-0.39, 0.29) is 18.1 Å². The Bertz CT molecular complexity index is 659. The average molecular weight is 332 g/mol. The molecule has 0 spiro atoms. The molecule has 0 bridgehead atoms. The lowest BCUT2D eigenvalue weighted by Crippen LogP contribution is -2.09. The minimum Gasteiger partial charge on any atom is -0.494 e. The highest BCUT2D eigenvalue weighted by Gasteiger charge is 2.10. The van der Waals surface area contributed by atoms with Crippen molar-refractivity contribution in [3.63, 3.8) is 0 Å². The Hall–Kier alpha value is -2.89. The molecule has 0 aliphatic heterocycles. The van der Waals surface area contributed by atoms with E-state index in [2.05, 4.69) is 0 Å². The van der Waals surface area contributed by atoms with Crippen molar-refractivity contribution in [2.75, 3.05) is 20.0 Å². The van der Waals surface area contributed by atoms with Crippen LogP contribution in [-0.4, -0.2) is 31.1 Å². The SMILES string of the molecule is CCOc1cc(OCC)cc(OCOc2ccccc2C(=O)O)c1. The largest absolute Gasteiger partial charge is 0.494 e. The maximum Gasteiger partial charge on any atom is 0.339 e. The van der Waals surface area contributed by atoms with E-state index in [0.29, 0.717) is 30.5 Å². The van der Waals surface area contributed by atoms with Gasteiger partial charge < -0.3 is 24.1 Å². The number of carbonyl (C=O) groups is 1. The van der Waals surface area contributed by atoms with Crippen LogP contribution in [0, 0.1) is 0 Å². The fraction of sp³-hybridized carbons (Fsp3) is 0.278. The van der Waals surface area contributed by atoms with Crippen LogP contribution in [0.3, 0.4) is 0 Å². The lowest BCUT2D eigenvalue weighted by Gasteiger charge is -2.13. The Kier molecular flexibility index (Phi) is 6.31. The predicted octanol–water partition coefficient (Wildman–Crippen LogP) is 3.60. The second-order valence-corrected chi connectivity index (χ2v) is 4.71. The summed E-state index contributed by atoms with van der Waals surface area (Å²) in [7, 11) is 0. The van der Waals surface area contributed by atoms with Gasteiger partial charge in [-0.25, -0.2) is 4.79 Å². The Balaban J connectivity index is 2.05. The summed E-state index contributed by atoms with van der Waals surface area (Å²) in [5, 5.41) is 9.12. The van der Waals surface area contributed by atoms with Crippen LogP contribution in [0.15, 0.2) is 42.5 Å². The number of aromatic carboxylic acids is 1. The lowest BCUT2D eigenvalue weighted by molar-refractivity contribution is 0.0682. The zero-order valence-corrected chi connectivity index (χ0v) is 13.7. The van der Waals surface area contributed by atoms with Crippen molar-refractivity contribution in [1.82, 2.24) is 0 Å². The summed E-state index contributed by atoms with van der Waals surface area (Å²) in [6.45, 7) is 4.69. The first-order chi connectivity index (χ1) is 11.6. The third kappa shape index (κ3) is 4.81. The maximum absolute atomic E-state index is 11.1. The Labute approximate surface area is 140 Å². The van der Waals surface area contributed by atoms with Crippen LogP contribution in [-0.2, 0) is 0 Å². The molecule has 0 saturated carbocycles. The Morgan fingerprint density at radius 3 is 1.96 bits per heavy atom. The average Bonchev–Trinajstić information content (AvgIpc) is 2.55. The van der Waals surface area contributed by atoms with Gasteiger partial charge in [0.1, 0.15) is 28.6 Å². The lowest BCUT2D eigenvalue weighted by atomic mass is 10.2. The fourth-order valence-electron chi connectivity index (χ4n) is 2.06. The molecule has 2 aromatic rings. The molecular weight excluding hydrogens is 312 g/mol. The topological polar surface area (TPSA) is 74.2 Å². The van der Waals surface area contributed by atoms with Crippen LogP contribution in [0.25, 0.3) is 0 Å². The molecule has 2 aromatic carbocycles. The van der Waals surface area contributed by atoms with Gasteiger partial charge in [-0.05, 0) is 26.0 Å². The highest BCUT2D eigenvalue weighted by atomic mass is 16.7. The summed E-state index contributed by atoms with van der Waals surface area (Å²) in [5.41, 5.74) is 0.0826. The van der Waals surface area contributed by atoms with E-state index in [4.69, 9.17) is 24.1 Å². The van der Waals surface area contributed by atoms with Crippen molar-refractivity contribution in [1.29, 1.82) is 0 Å². The number of benzene rings is 2. The van der Waals surface area contributed by atoms with Gasteiger partial charge in [-0.15, -0.1) is 0 Å². The molecule has 2 rings (SSSR count). The van der Waals surface area contributed by atoms with E-state index >= 15 is 0 Å². The highest BCUT2D eigenvalue weighted by Crippen LogP contribution is 2.28. The normalized spacial score (nSPS) is 10.1. The fourth-order valence-corrected chi connectivity index (χ4v) is 2.06. The first-order valence-electron chi connectivity index (χ1n) is 7.62. The molecule has 0 unspecified atom stereocenters. The summed E-state index contributed by atoms with van der Waals surface area (Å²) in [6.07, 6.45) is 0. The van der Waals surface area contributed by atoms with Gasteiger partial charge >= 0.3 is 5.97 Å². The van der Waals surface area contributed by atoms with Crippen molar-refractivity contribution in [3.8, 4) is 23.0 Å². The smallest absolute Gasteiger partial charge is 0.339 e. The van der Waals surface area contributed by atoms with Gasteiger partial charge in [0.2, 0.25) is 6.79 Å². The number of carboxylic acid groups (broad SMARTS) is 1. The van der Waals surface area contributed by atoms with Crippen LogP contribution in [0.1, 0.15) is 24.2 Å². The van der Waals surface area contributed by atoms with Crippen LogP contribution < -0.4 is 18.9 Å². The zero-order chi connectivity index (χ0) is 17.4. The summed E-state index contributed by atoms with van der Waals surface area (Å²) in [5.74, 6) is 0.963. The van der Waals surface area contributed by atoms with Gasteiger partial charge in [0.15, 0.2) is 0 Å². The Morgan fingerprint density at radius 1 is 0.875 bits per heavy atom. The van der Waals surface area contributed by atoms with E-state index in [1.54, 1.807) is 36.4 Å². The quantitative estimate of drug-likeness (QED) is 0.707. The molecule has 0 atom stereocenters. The molecule has 128 valence electrons. The molecule has 1 N–H and O–H groups in total. The second-order valence-electron chi connectivity index (χ2n) is 4.71. The Morgan fingerprint density at radius 2 is 1.42 bits per heavy atom. The number of rotatable bonds is 9. The summed E-state index contributed by atoms with van der Waals surface area (Å²) < 4.78 is 21.9. The number of ether oxygens (including phenoxy) is 4. The standard InChI is InChI=1S/C18H20O6/c1-3-21-13-9-14(22-4-2)11-15(10-13)23-12-24-17-8-6-5-7-16(17)18(19)20/h5-11H,3-4,12H2,1-2H3,(H,19,20). The molecule has 0 aromatic heterocycles. The van der Waals surface area contributed by atoms with Gasteiger partial charge in [0.05, 0.1) is 13.2 Å². The molecule has 6 nitrogen and oxygen atoms in total. The molecule has 0 fully saturated rings. The maximum atomic E-state index is 11.1. The van der Waals surface area contributed by atoms with Crippen molar-refractivity contribution in [2.24, 2.45) is 0 Å². The van der Waals surface area contributed by atoms with Crippen LogP contribution >= 0.6 is 0 Å². The predicted molar refractivity (Wildman–Crippen MR) is 88.3 cm³/mol.